The van der Waals surface area contributed by atoms with Crippen LogP contribution in [0.15, 0.2) is 30.6 Å². The van der Waals surface area contributed by atoms with Crippen LogP contribution in [-0.4, -0.2) is 41.0 Å². The molecule has 7 heteroatoms. The fourth-order valence-corrected chi connectivity index (χ4v) is 3.60. The number of amides is 1. The van der Waals surface area contributed by atoms with E-state index < -0.39 is 0 Å². The van der Waals surface area contributed by atoms with Crippen LogP contribution < -0.4 is 15.5 Å². The molecule has 0 spiro atoms. The van der Waals surface area contributed by atoms with Crippen molar-refractivity contribution in [1.82, 2.24) is 15.3 Å². The van der Waals surface area contributed by atoms with Gasteiger partial charge in [-0.05, 0) is 38.0 Å². The van der Waals surface area contributed by atoms with Crippen LogP contribution >= 0.6 is 11.6 Å². The number of benzene rings is 1. The van der Waals surface area contributed by atoms with Gasteiger partial charge >= 0.3 is 0 Å². The quantitative estimate of drug-likeness (QED) is 0.796. The largest absolute Gasteiger partial charge is 0.382 e. The van der Waals surface area contributed by atoms with Crippen molar-refractivity contribution < 1.29 is 4.79 Å². The number of aryl methyl sites for hydroxylation is 1. The van der Waals surface area contributed by atoms with Gasteiger partial charge in [0.25, 0.3) is 0 Å². The van der Waals surface area contributed by atoms with Crippen LogP contribution in [0.4, 0.5) is 11.5 Å². The molecule has 6 nitrogen and oxygen atoms in total. The number of rotatable bonds is 6. The van der Waals surface area contributed by atoms with Gasteiger partial charge in [0.2, 0.25) is 5.91 Å². The van der Waals surface area contributed by atoms with E-state index in [4.69, 9.17) is 11.6 Å². The predicted octanol–water partition coefficient (Wildman–Crippen LogP) is 3.20. The Bertz CT molecular complexity index is 813. The number of nitrogens with zero attached hydrogens (tertiary/aromatic N) is 3. The maximum Gasteiger partial charge on any atom is 0.217 e. The molecule has 2 N–H and O–H groups in total. The topological polar surface area (TPSA) is 70.2 Å². The zero-order valence-electron chi connectivity index (χ0n) is 16.0. The van der Waals surface area contributed by atoms with Crippen molar-refractivity contribution in [2.45, 2.75) is 45.7 Å². The smallest absolute Gasteiger partial charge is 0.217 e. The van der Waals surface area contributed by atoms with Gasteiger partial charge in [-0.3, -0.25) is 4.79 Å². The summed E-state index contributed by atoms with van der Waals surface area (Å²) in [6.07, 6.45) is 3.34. The first-order chi connectivity index (χ1) is 12.9. The molecule has 3 rings (SSSR count). The molecule has 0 bridgehead atoms. The molecule has 1 aliphatic rings. The minimum absolute atomic E-state index is 0.0152. The van der Waals surface area contributed by atoms with E-state index in [2.05, 4.69) is 39.3 Å². The fourth-order valence-electron chi connectivity index (χ4n) is 3.42. The number of nitrogens with one attached hydrogen (secondary N) is 2. The summed E-state index contributed by atoms with van der Waals surface area (Å²) in [5, 5.41) is 7.22. The number of carbonyl (C=O) groups excluding carboxylic acids is 1. The third-order valence-corrected chi connectivity index (χ3v) is 4.98. The second-order valence-corrected chi connectivity index (χ2v) is 7.64. The summed E-state index contributed by atoms with van der Waals surface area (Å²) in [5.41, 5.74) is 3.19. The highest BCUT2D eigenvalue weighted by Crippen LogP contribution is 2.22. The molecule has 0 radical (unpaired) electrons. The molecule has 1 saturated heterocycles. The minimum atomic E-state index is 0.0152. The number of hydrogen-bond donors (Lipinski definition) is 2. The van der Waals surface area contributed by atoms with E-state index in [1.807, 2.05) is 24.3 Å². The van der Waals surface area contributed by atoms with Gasteiger partial charge in [0.1, 0.15) is 12.1 Å². The summed E-state index contributed by atoms with van der Waals surface area (Å²) < 4.78 is 0. The molecule has 1 aromatic heterocycles. The molecule has 1 fully saturated rings. The van der Waals surface area contributed by atoms with Gasteiger partial charge in [-0.1, -0.05) is 17.7 Å². The number of aromatic nitrogens is 2. The third kappa shape index (κ3) is 5.32. The first-order valence-corrected chi connectivity index (χ1v) is 9.64. The van der Waals surface area contributed by atoms with Crippen LogP contribution in [0.5, 0.6) is 0 Å². The lowest BCUT2D eigenvalue weighted by atomic mass is 10.1. The molecule has 1 amide bonds. The van der Waals surface area contributed by atoms with Gasteiger partial charge in [-0.25, -0.2) is 9.97 Å². The highest BCUT2D eigenvalue weighted by Gasteiger charge is 2.24. The molecule has 0 aliphatic carbocycles. The molecule has 2 aromatic rings. The van der Waals surface area contributed by atoms with E-state index in [0.717, 1.165) is 53.7 Å². The number of anilines is 2. The molecule has 0 saturated carbocycles. The number of halogens is 1. The minimum Gasteiger partial charge on any atom is -0.382 e. The normalized spacial score (nSPS) is 17.6. The van der Waals surface area contributed by atoms with E-state index in [1.165, 1.54) is 0 Å². The molecular weight excluding hydrogens is 362 g/mol. The van der Waals surface area contributed by atoms with E-state index in [9.17, 15) is 4.79 Å². The van der Waals surface area contributed by atoms with E-state index in [0.29, 0.717) is 0 Å². The average Bonchev–Trinajstić information content (AvgIpc) is 3.06. The van der Waals surface area contributed by atoms with Gasteiger partial charge in [-0.15, -0.1) is 0 Å². The maximum atomic E-state index is 11.2. The maximum absolute atomic E-state index is 11.2. The lowest BCUT2D eigenvalue weighted by Gasteiger charge is -2.20. The van der Waals surface area contributed by atoms with Crippen molar-refractivity contribution in [3.63, 3.8) is 0 Å². The summed E-state index contributed by atoms with van der Waals surface area (Å²) in [5.74, 6) is 0.931. The van der Waals surface area contributed by atoms with Crippen molar-refractivity contribution >= 4 is 29.0 Å². The lowest BCUT2D eigenvalue weighted by molar-refractivity contribution is -0.119. The van der Waals surface area contributed by atoms with Crippen LogP contribution in [0.3, 0.4) is 0 Å². The number of carbonyl (C=O) groups is 1. The molecule has 2 unspecified atom stereocenters. The molecule has 1 aliphatic heterocycles. The Balaban J connectivity index is 1.62. The van der Waals surface area contributed by atoms with Crippen LogP contribution in [0.25, 0.3) is 0 Å². The second kappa shape index (κ2) is 8.57. The average molecular weight is 388 g/mol. The molecular formula is C20H26ClN5O. The predicted molar refractivity (Wildman–Crippen MR) is 109 cm³/mol. The lowest BCUT2D eigenvalue weighted by Crippen LogP contribution is -2.35. The SMILES string of the molecule is CC(=O)NC1CCN(c2cc(CC(C)Nc3cc(Cl)ccc3C)ncn2)C1. The summed E-state index contributed by atoms with van der Waals surface area (Å²) in [4.78, 5) is 22.3. The third-order valence-electron chi connectivity index (χ3n) is 4.75. The van der Waals surface area contributed by atoms with Crippen LogP contribution in [-0.2, 0) is 11.2 Å². The van der Waals surface area contributed by atoms with Crippen molar-refractivity contribution in [3.05, 3.63) is 46.9 Å². The van der Waals surface area contributed by atoms with Gasteiger partial charge in [0.05, 0.1) is 0 Å². The van der Waals surface area contributed by atoms with Crippen molar-refractivity contribution in [3.8, 4) is 0 Å². The summed E-state index contributed by atoms with van der Waals surface area (Å²) in [6.45, 7) is 7.42. The molecule has 2 atom stereocenters. The van der Waals surface area contributed by atoms with Gasteiger partial charge in [-0.2, -0.15) is 0 Å². The number of hydrogen-bond acceptors (Lipinski definition) is 5. The molecule has 1 aromatic carbocycles. The van der Waals surface area contributed by atoms with Crippen LogP contribution in [0, 0.1) is 6.92 Å². The highest BCUT2D eigenvalue weighted by molar-refractivity contribution is 6.30. The van der Waals surface area contributed by atoms with Gasteiger partial charge in [0.15, 0.2) is 0 Å². The van der Waals surface area contributed by atoms with Gasteiger partial charge in [0, 0.05) is 61.0 Å². The van der Waals surface area contributed by atoms with Crippen LogP contribution in [0.2, 0.25) is 5.02 Å². The van der Waals surface area contributed by atoms with Crippen molar-refractivity contribution in [1.29, 1.82) is 0 Å². The van der Waals surface area contributed by atoms with E-state index in [1.54, 1.807) is 13.3 Å². The second-order valence-electron chi connectivity index (χ2n) is 7.21. The summed E-state index contributed by atoms with van der Waals surface area (Å²) in [7, 11) is 0. The Morgan fingerprint density at radius 2 is 2.19 bits per heavy atom. The molecule has 144 valence electrons. The first-order valence-electron chi connectivity index (χ1n) is 9.26. The zero-order valence-corrected chi connectivity index (χ0v) is 16.8. The Labute approximate surface area is 165 Å². The van der Waals surface area contributed by atoms with Crippen molar-refractivity contribution in [2.24, 2.45) is 0 Å². The Kier molecular flexibility index (Phi) is 6.16. The summed E-state index contributed by atoms with van der Waals surface area (Å²) in [6, 6.07) is 8.29. The fraction of sp³-hybridized carbons (Fsp3) is 0.450. The van der Waals surface area contributed by atoms with Gasteiger partial charge < -0.3 is 15.5 Å². The standard InChI is InChI=1S/C20H26ClN5O/c1-13-4-5-16(21)9-19(13)24-14(2)8-18-10-20(23-12-22-18)26-7-6-17(11-26)25-15(3)27/h4-5,9-10,12,14,17,24H,6-8,11H2,1-3H3,(H,25,27). The monoisotopic (exact) mass is 387 g/mol. The van der Waals surface area contributed by atoms with Crippen LogP contribution in [0.1, 0.15) is 31.5 Å². The van der Waals surface area contributed by atoms with E-state index in [-0.39, 0.29) is 18.0 Å². The highest BCUT2D eigenvalue weighted by atomic mass is 35.5. The zero-order chi connectivity index (χ0) is 19.4. The Hall–Kier alpha value is -2.34. The summed E-state index contributed by atoms with van der Waals surface area (Å²) >= 11 is 6.10. The Morgan fingerprint density at radius 3 is 2.96 bits per heavy atom. The first kappa shape index (κ1) is 19.4. The Morgan fingerprint density at radius 1 is 1.37 bits per heavy atom. The molecule has 27 heavy (non-hydrogen) atoms. The van der Waals surface area contributed by atoms with E-state index >= 15 is 0 Å². The van der Waals surface area contributed by atoms with Crippen molar-refractivity contribution in [2.75, 3.05) is 23.3 Å². The molecule has 2 heterocycles.